The Morgan fingerprint density at radius 1 is 1.00 bits per heavy atom. The maximum Gasteiger partial charge on any atom is 0.257 e. The molecule has 3 heteroatoms. The third-order valence-corrected chi connectivity index (χ3v) is 0.594. The van der Waals surface area contributed by atoms with Crippen molar-refractivity contribution in [2.45, 2.75) is 40.5 Å². The van der Waals surface area contributed by atoms with E-state index in [1.54, 1.807) is 14.1 Å². The first-order valence-corrected chi connectivity index (χ1v) is 4.44. The minimum absolute atomic E-state index is 0.174. The lowest BCUT2D eigenvalue weighted by Gasteiger charge is -2.14. The predicted molar refractivity (Wildman–Crippen MR) is 51.9 cm³/mol. The topological polar surface area (TPSA) is 3.24 Å². The molecule has 0 aliphatic heterocycles. The number of nitrogens with zero attached hydrogens (tertiary/aromatic N) is 1. The molecular formula is C9H23F2N. The van der Waals surface area contributed by atoms with Gasteiger partial charge in [-0.25, -0.2) is 8.78 Å². The lowest BCUT2D eigenvalue weighted by atomic mass is 10.4. The molecule has 0 spiro atoms. The maximum atomic E-state index is 11.9. The fourth-order valence-electron chi connectivity index (χ4n) is 0.555. The van der Waals surface area contributed by atoms with Gasteiger partial charge in [-0.2, -0.15) is 0 Å². The maximum absolute atomic E-state index is 11.9. The second-order valence-electron chi connectivity index (χ2n) is 2.31. The molecule has 0 rings (SSSR count). The molecule has 0 atom stereocenters. The highest BCUT2D eigenvalue weighted by Crippen LogP contribution is 2.10. The van der Waals surface area contributed by atoms with Gasteiger partial charge in [0.25, 0.3) is 5.92 Å². The molecule has 12 heavy (non-hydrogen) atoms. The zero-order valence-corrected chi connectivity index (χ0v) is 9.41. The lowest BCUT2D eigenvalue weighted by Crippen LogP contribution is -2.28. The van der Waals surface area contributed by atoms with E-state index in [0.29, 0.717) is 0 Å². The summed E-state index contributed by atoms with van der Waals surface area (Å²) in [5.74, 6) is -2.55. The van der Waals surface area contributed by atoms with Gasteiger partial charge in [-0.3, -0.25) is 0 Å². The molecule has 0 aliphatic carbocycles. The van der Waals surface area contributed by atoms with E-state index < -0.39 is 5.92 Å². The van der Waals surface area contributed by atoms with Crippen LogP contribution in [0.25, 0.3) is 0 Å². The van der Waals surface area contributed by atoms with Crippen molar-refractivity contribution in [3.8, 4) is 0 Å². The van der Waals surface area contributed by atoms with E-state index >= 15 is 0 Å². The molecule has 0 fully saturated rings. The standard InChI is InChI=1S/C5H11F2N.2C2H6/c1-5(6,7)4-8(2)3;2*1-2/h4H2,1-3H3;2*1-2H3. The van der Waals surface area contributed by atoms with Crippen LogP contribution in [0.3, 0.4) is 0 Å². The molecular weight excluding hydrogens is 160 g/mol. The Labute approximate surface area is 75.8 Å². The SMILES string of the molecule is CC.CC.CN(C)CC(C)(F)F. The van der Waals surface area contributed by atoms with Crippen molar-refractivity contribution in [1.82, 2.24) is 4.90 Å². The second kappa shape index (κ2) is 10.8. The first-order valence-electron chi connectivity index (χ1n) is 4.44. The van der Waals surface area contributed by atoms with Gasteiger partial charge in [-0.15, -0.1) is 0 Å². The molecule has 0 saturated heterocycles. The van der Waals surface area contributed by atoms with E-state index in [1.165, 1.54) is 4.90 Å². The minimum Gasteiger partial charge on any atom is -0.304 e. The fourth-order valence-corrected chi connectivity index (χ4v) is 0.555. The highest BCUT2D eigenvalue weighted by atomic mass is 19.3. The monoisotopic (exact) mass is 183 g/mol. The first-order chi connectivity index (χ1) is 5.42. The highest BCUT2D eigenvalue weighted by Gasteiger charge is 2.20. The van der Waals surface area contributed by atoms with Crippen LogP contribution >= 0.6 is 0 Å². The van der Waals surface area contributed by atoms with Crippen LogP contribution in [-0.4, -0.2) is 31.5 Å². The molecule has 0 amide bonds. The number of hydrogen-bond acceptors (Lipinski definition) is 1. The molecule has 0 aromatic heterocycles. The molecule has 1 nitrogen and oxygen atoms in total. The number of rotatable bonds is 2. The third-order valence-electron chi connectivity index (χ3n) is 0.594. The van der Waals surface area contributed by atoms with Crippen molar-refractivity contribution >= 4 is 0 Å². The van der Waals surface area contributed by atoms with Crippen molar-refractivity contribution in [3.63, 3.8) is 0 Å². The Morgan fingerprint density at radius 2 is 1.25 bits per heavy atom. The summed E-state index contributed by atoms with van der Waals surface area (Å²) in [5.41, 5.74) is 0. The molecule has 0 aromatic rings. The van der Waals surface area contributed by atoms with E-state index in [4.69, 9.17) is 0 Å². The summed E-state index contributed by atoms with van der Waals surface area (Å²) in [6.45, 7) is 8.74. The van der Waals surface area contributed by atoms with Crippen LogP contribution in [0.15, 0.2) is 0 Å². The number of alkyl halides is 2. The van der Waals surface area contributed by atoms with Crippen LogP contribution in [0.2, 0.25) is 0 Å². The largest absolute Gasteiger partial charge is 0.304 e. The Kier molecular flexibility index (Phi) is 16.0. The van der Waals surface area contributed by atoms with E-state index in [1.807, 2.05) is 27.7 Å². The Balaban J connectivity index is -0.000000175. The molecule has 0 saturated carbocycles. The van der Waals surface area contributed by atoms with E-state index in [2.05, 4.69) is 0 Å². The minimum atomic E-state index is -2.55. The molecule has 0 heterocycles. The highest BCUT2D eigenvalue weighted by molar-refractivity contribution is 4.59. The predicted octanol–water partition coefficient (Wildman–Crippen LogP) is 3.26. The Morgan fingerprint density at radius 3 is 1.25 bits per heavy atom. The quantitative estimate of drug-likeness (QED) is 0.635. The Bertz CT molecular complexity index is 67.4. The van der Waals surface area contributed by atoms with Crippen molar-refractivity contribution in [2.24, 2.45) is 0 Å². The van der Waals surface area contributed by atoms with Crippen molar-refractivity contribution in [3.05, 3.63) is 0 Å². The van der Waals surface area contributed by atoms with Crippen LogP contribution in [0.1, 0.15) is 34.6 Å². The normalized spacial score (nSPS) is 9.50. The van der Waals surface area contributed by atoms with Gasteiger partial charge in [0.1, 0.15) is 0 Å². The summed E-state index contributed by atoms with van der Waals surface area (Å²) in [4.78, 5) is 1.46. The zero-order valence-electron chi connectivity index (χ0n) is 9.41. The summed E-state index contributed by atoms with van der Waals surface area (Å²) in [5, 5.41) is 0. The third kappa shape index (κ3) is 32.9. The van der Waals surface area contributed by atoms with Gasteiger partial charge in [0, 0.05) is 6.92 Å². The summed E-state index contributed by atoms with van der Waals surface area (Å²) >= 11 is 0. The Hall–Kier alpha value is -0.180. The second-order valence-corrected chi connectivity index (χ2v) is 2.31. The first kappa shape index (κ1) is 17.8. The van der Waals surface area contributed by atoms with Crippen LogP contribution in [0.4, 0.5) is 8.78 Å². The van der Waals surface area contributed by atoms with Gasteiger partial charge < -0.3 is 4.90 Å². The summed E-state index contributed by atoms with van der Waals surface area (Å²) < 4.78 is 23.9. The molecule has 0 aliphatic rings. The molecule has 78 valence electrons. The molecule has 0 N–H and O–H groups in total. The van der Waals surface area contributed by atoms with Gasteiger partial charge in [-0.1, -0.05) is 27.7 Å². The van der Waals surface area contributed by atoms with Crippen LogP contribution < -0.4 is 0 Å². The average Bonchev–Trinajstić information content (AvgIpc) is 1.91. The summed E-state index contributed by atoms with van der Waals surface area (Å²) in [6, 6.07) is 0. The fraction of sp³-hybridized carbons (Fsp3) is 1.00. The van der Waals surface area contributed by atoms with Crippen LogP contribution in [0, 0.1) is 0 Å². The molecule has 0 bridgehead atoms. The van der Waals surface area contributed by atoms with Crippen molar-refractivity contribution in [1.29, 1.82) is 0 Å². The lowest BCUT2D eigenvalue weighted by molar-refractivity contribution is -0.00219. The average molecular weight is 183 g/mol. The number of hydrogen-bond donors (Lipinski definition) is 0. The molecule has 0 radical (unpaired) electrons. The van der Waals surface area contributed by atoms with Gasteiger partial charge >= 0.3 is 0 Å². The van der Waals surface area contributed by atoms with E-state index in [-0.39, 0.29) is 6.54 Å². The van der Waals surface area contributed by atoms with Gasteiger partial charge in [0.2, 0.25) is 0 Å². The van der Waals surface area contributed by atoms with Gasteiger partial charge in [-0.05, 0) is 14.1 Å². The molecule has 0 aromatic carbocycles. The van der Waals surface area contributed by atoms with E-state index in [0.717, 1.165) is 6.92 Å². The van der Waals surface area contributed by atoms with Crippen LogP contribution in [-0.2, 0) is 0 Å². The summed E-state index contributed by atoms with van der Waals surface area (Å²) in [7, 11) is 3.24. The zero-order chi connectivity index (χ0) is 10.8. The van der Waals surface area contributed by atoms with Gasteiger partial charge in [0.05, 0.1) is 6.54 Å². The smallest absolute Gasteiger partial charge is 0.257 e. The summed E-state index contributed by atoms with van der Waals surface area (Å²) in [6.07, 6.45) is 0. The molecule has 0 unspecified atom stereocenters. The van der Waals surface area contributed by atoms with Crippen molar-refractivity contribution < 1.29 is 8.78 Å². The van der Waals surface area contributed by atoms with Gasteiger partial charge in [0.15, 0.2) is 0 Å². The van der Waals surface area contributed by atoms with E-state index in [9.17, 15) is 8.78 Å². The van der Waals surface area contributed by atoms with Crippen LogP contribution in [0.5, 0.6) is 0 Å². The number of halogens is 2. The van der Waals surface area contributed by atoms with Crippen molar-refractivity contribution in [2.75, 3.05) is 20.6 Å².